The lowest BCUT2D eigenvalue weighted by Crippen LogP contribution is -1.97. The van der Waals surface area contributed by atoms with Crippen LogP contribution in [0.2, 0.25) is 0 Å². The molecule has 0 unspecified atom stereocenters. The minimum Gasteiger partial charge on any atom is -0.327 e. The highest BCUT2D eigenvalue weighted by Gasteiger charge is 1.74. The maximum atomic E-state index is 5.18. The molecule has 0 aliphatic heterocycles. The van der Waals surface area contributed by atoms with Crippen LogP contribution < -0.4 is 5.73 Å². The van der Waals surface area contributed by atoms with Gasteiger partial charge in [0.1, 0.15) is 0 Å². The standard InChI is InChI=1S/C4H8BrN/c1-4(2-5)3-6/h2H,3,6H2,1H3/b4-2+. The maximum Gasteiger partial charge on any atom is 0.0142 e. The predicted octanol–water partition coefficient (Wildman–Crippen LogP) is 1.24. The first-order valence-electron chi connectivity index (χ1n) is 1.77. The maximum absolute atomic E-state index is 5.18. The molecule has 0 aromatic heterocycles. The van der Waals surface area contributed by atoms with Gasteiger partial charge in [-0.25, -0.2) is 0 Å². The van der Waals surface area contributed by atoms with E-state index in [1.165, 1.54) is 0 Å². The van der Waals surface area contributed by atoms with Crippen molar-refractivity contribution in [1.29, 1.82) is 0 Å². The molecule has 0 amide bonds. The Morgan fingerprint density at radius 3 is 2.50 bits per heavy atom. The fourth-order valence-electron chi connectivity index (χ4n) is 0.0445. The molecule has 0 aliphatic rings. The average Bonchev–Trinajstić information content (AvgIpc) is 1.65. The molecule has 0 bridgehead atoms. The predicted molar refractivity (Wildman–Crippen MR) is 31.7 cm³/mol. The second-order valence-electron chi connectivity index (χ2n) is 1.16. The summed E-state index contributed by atoms with van der Waals surface area (Å²) in [5.74, 6) is 0. The van der Waals surface area contributed by atoms with E-state index in [4.69, 9.17) is 5.73 Å². The lowest BCUT2D eigenvalue weighted by molar-refractivity contribution is 1.15. The first kappa shape index (κ1) is 6.18. The van der Waals surface area contributed by atoms with E-state index in [9.17, 15) is 0 Å². The summed E-state index contributed by atoms with van der Waals surface area (Å²) in [7, 11) is 0. The summed E-state index contributed by atoms with van der Waals surface area (Å²) in [5.41, 5.74) is 6.35. The molecule has 2 heteroatoms. The van der Waals surface area contributed by atoms with Crippen LogP contribution in [0.5, 0.6) is 0 Å². The second kappa shape index (κ2) is 3.37. The lowest BCUT2D eigenvalue weighted by atomic mass is 10.4. The molecule has 0 aromatic carbocycles. The third kappa shape index (κ3) is 2.42. The van der Waals surface area contributed by atoms with E-state index in [0.717, 1.165) is 5.57 Å². The van der Waals surface area contributed by atoms with Crippen LogP contribution in [0.25, 0.3) is 0 Å². The molecule has 0 fully saturated rings. The van der Waals surface area contributed by atoms with Crippen molar-refractivity contribution in [3.05, 3.63) is 10.6 Å². The highest BCUT2D eigenvalue weighted by Crippen LogP contribution is 1.91. The van der Waals surface area contributed by atoms with Gasteiger partial charge in [0.2, 0.25) is 0 Å². The Hall–Kier alpha value is 0.180. The van der Waals surface area contributed by atoms with Crippen LogP contribution in [-0.4, -0.2) is 6.54 Å². The Morgan fingerprint density at radius 1 is 2.00 bits per heavy atom. The first-order valence-corrected chi connectivity index (χ1v) is 2.68. The molecule has 2 N–H and O–H groups in total. The number of halogens is 1. The van der Waals surface area contributed by atoms with Gasteiger partial charge in [0.05, 0.1) is 0 Å². The number of hydrogen-bond donors (Lipinski definition) is 1. The van der Waals surface area contributed by atoms with E-state index in [0.29, 0.717) is 6.54 Å². The lowest BCUT2D eigenvalue weighted by Gasteiger charge is -1.84. The van der Waals surface area contributed by atoms with Crippen molar-refractivity contribution in [2.24, 2.45) is 5.73 Å². The van der Waals surface area contributed by atoms with Gasteiger partial charge in [0.25, 0.3) is 0 Å². The highest BCUT2D eigenvalue weighted by atomic mass is 79.9. The molecule has 0 aliphatic carbocycles. The SMILES string of the molecule is C/C(=C\Br)CN. The summed E-state index contributed by atoms with van der Waals surface area (Å²) < 4.78 is 0. The van der Waals surface area contributed by atoms with Gasteiger partial charge in [-0.05, 0) is 11.9 Å². The van der Waals surface area contributed by atoms with Crippen LogP contribution in [0.3, 0.4) is 0 Å². The third-order valence-electron chi connectivity index (χ3n) is 0.508. The van der Waals surface area contributed by atoms with Crippen molar-refractivity contribution >= 4 is 15.9 Å². The summed E-state index contributed by atoms with van der Waals surface area (Å²) >= 11 is 3.13. The van der Waals surface area contributed by atoms with Crippen LogP contribution in [0.4, 0.5) is 0 Å². The van der Waals surface area contributed by atoms with E-state index < -0.39 is 0 Å². The van der Waals surface area contributed by atoms with Crippen LogP contribution >= 0.6 is 15.9 Å². The second-order valence-corrected chi connectivity index (χ2v) is 1.62. The zero-order chi connectivity index (χ0) is 4.99. The largest absolute Gasteiger partial charge is 0.327 e. The molecule has 0 heterocycles. The van der Waals surface area contributed by atoms with Crippen molar-refractivity contribution in [3.8, 4) is 0 Å². The molecule has 36 valence electrons. The first-order chi connectivity index (χ1) is 2.81. The summed E-state index contributed by atoms with van der Waals surface area (Å²) in [4.78, 5) is 1.83. The van der Waals surface area contributed by atoms with Crippen LogP contribution in [-0.2, 0) is 0 Å². The Labute approximate surface area is 46.4 Å². The summed E-state index contributed by atoms with van der Waals surface area (Å²) in [6, 6.07) is 0. The molecule has 0 spiro atoms. The minimum absolute atomic E-state index is 0.644. The van der Waals surface area contributed by atoms with Crippen molar-refractivity contribution in [3.63, 3.8) is 0 Å². The minimum atomic E-state index is 0.644. The molecule has 0 saturated heterocycles. The Morgan fingerprint density at radius 2 is 2.50 bits per heavy atom. The van der Waals surface area contributed by atoms with E-state index >= 15 is 0 Å². The molecule has 0 radical (unpaired) electrons. The van der Waals surface area contributed by atoms with Crippen LogP contribution in [0.1, 0.15) is 6.92 Å². The topological polar surface area (TPSA) is 26.0 Å². The van der Waals surface area contributed by atoms with Gasteiger partial charge in [-0.3, -0.25) is 0 Å². The zero-order valence-electron chi connectivity index (χ0n) is 3.74. The van der Waals surface area contributed by atoms with E-state index in [-0.39, 0.29) is 0 Å². The smallest absolute Gasteiger partial charge is 0.0142 e. The van der Waals surface area contributed by atoms with Gasteiger partial charge in [-0.1, -0.05) is 21.5 Å². The van der Waals surface area contributed by atoms with Gasteiger partial charge >= 0.3 is 0 Å². The van der Waals surface area contributed by atoms with Crippen molar-refractivity contribution in [1.82, 2.24) is 0 Å². The molecule has 1 nitrogen and oxygen atoms in total. The van der Waals surface area contributed by atoms with Gasteiger partial charge in [-0.2, -0.15) is 0 Å². The number of rotatable bonds is 1. The number of nitrogens with two attached hydrogens (primary N) is 1. The molecule has 0 atom stereocenters. The van der Waals surface area contributed by atoms with Crippen molar-refractivity contribution in [2.75, 3.05) is 6.54 Å². The zero-order valence-corrected chi connectivity index (χ0v) is 5.33. The summed E-state index contributed by atoms with van der Waals surface area (Å²) in [6.07, 6.45) is 0. The van der Waals surface area contributed by atoms with Gasteiger partial charge in [0, 0.05) is 6.54 Å². The Bertz CT molecular complexity index is 58.6. The quantitative estimate of drug-likeness (QED) is 0.597. The van der Waals surface area contributed by atoms with E-state index in [2.05, 4.69) is 15.9 Å². The van der Waals surface area contributed by atoms with E-state index in [1.807, 2.05) is 11.9 Å². The Balaban J connectivity index is 3.22. The Kier molecular flexibility index (Phi) is 3.47. The van der Waals surface area contributed by atoms with Gasteiger partial charge < -0.3 is 5.73 Å². The average molecular weight is 150 g/mol. The van der Waals surface area contributed by atoms with E-state index in [1.54, 1.807) is 0 Å². The van der Waals surface area contributed by atoms with Crippen molar-refractivity contribution < 1.29 is 0 Å². The van der Waals surface area contributed by atoms with Crippen LogP contribution in [0.15, 0.2) is 10.6 Å². The molecule has 0 rings (SSSR count). The van der Waals surface area contributed by atoms with Gasteiger partial charge in [0.15, 0.2) is 0 Å². The highest BCUT2D eigenvalue weighted by molar-refractivity contribution is 9.11. The summed E-state index contributed by atoms with van der Waals surface area (Å²) in [5, 5.41) is 0. The third-order valence-corrected chi connectivity index (χ3v) is 1.29. The normalized spacial score (nSPS) is 12.2. The van der Waals surface area contributed by atoms with Gasteiger partial charge in [-0.15, -0.1) is 0 Å². The molecule has 6 heavy (non-hydrogen) atoms. The molecule has 0 aromatic rings. The number of hydrogen-bond acceptors (Lipinski definition) is 1. The fourth-order valence-corrected chi connectivity index (χ4v) is 0.231. The molecular weight excluding hydrogens is 142 g/mol. The van der Waals surface area contributed by atoms with Crippen LogP contribution in [0, 0.1) is 0 Å². The monoisotopic (exact) mass is 149 g/mol. The molecular formula is C4H8BrN. The van der Waals surface area contributed by atoms with Crippen molar-refractivity contribution in [2.45, 2.75) is 6.92 Å². The summed E-state index contributed by atoms with van der Waals surface area (Å²) in [6.45, 7) is 2.61. The molecule has 0 saturated carbocycles. The fraction of sp³-hybridized carbons (Fsp3) is 0.500.